The number of nitrogens with zero attached hydrogens (tertiary/aromatic N) is 1. The van der Waals surface area contributed by atoms with Crippen molar-refractivity contribution in [1.29, 1.82) is 5.26 Å². The molecular weight excluding hydrogens is 308 g/mol. The molecule has 0 unspecified atom stereocenters. The van der Waals surface area contributed by atoms with Crippen LogP contribution in [-0.4, -0.2) is 32.8 Å². The molecule has 0 atom stereocenters. The van der Waals surface area contributed by atoms with Crippen LogP contribution in [-0.2, 0) is 4.79 Å². The summed E-state index contributed by atoms with van der Waals surface area (Å²) < 4.78 is 16.0. The minimum Gasteiger partial charge on any atom is -0.497 e. The van der Waals surface area contributed by atoms with Gasteiger partial charge in [0, 0.05) is 6.07 Å². The first-order valence-electron chi connectivity index (χ1n) is 7.38. The molecule has 0 aliphatic rings. The number of carbonyl (C=O) groups is 1. The first kappa shape index (κ1) is 17.2. The van der Waals surface area contributed by atoms with Crippen molar-refractivity contribution in [3.63, 3.8) is 0 Å². The molecule has 0 heterocycles. The number of benzene rings is 2. The molecule has 0 spiro atoms. The Morgan fingerprint density at radius 3 is 2.71 bits per heavy atom. The molecule has 0 fully saturated rings. The predicted molar refractivity (Wildman–Crippen MR) is 88.2 cm³/mol. The van der Waals surface area contributed by atoms with Gasteiger partial charge in [0.2, 0.25) is 0 Å². The lowest BCUT2D eigenvalue weighted by Gasteiger charge is -2.10. The van der Waals surface area contributed by atoms with E-state index >= 15 is 0 Å². The Bertz CT molecular complexity index is 725. The first-order valence-corrected chi connectivity index (χ1v) is 7.38. The summed E-state index contributed by atoms with van der Waals surface area (Å²) in [4.78, 5) is 11.7. The van der Waals surface area contributed by atoms with E-state index in [9.17, 15) is 4.79 Å². The number of hydrogen-bond acceptors (Lipinski definition) is 5. The SMILES string of the molecule is COc1cccc(OCCNC(=O)COc2ccccc2C#N)c1. The lowest BCUT2D eigenvalue weighted by molar-refractivity contribution is -0.123. The molecule has 1 amide bonds. The Hall–Kier alpha value is -3.20. The van der Waals surface area contributed by atoms with E-state index in [0.717, 1.165) is 0 Å². The van der Waals surface area contributed by atoms with Crippen LogP contribution < -0.4 is 19.5 Å². The number of nitriles is 1. The molecule has 0 bridgehead atoms. The lowest BCUT2D eigenvalue weighted by Crippen LogP contribution is -2.32. The highest BCUT2D eigenvalue weighted by molar-refractivity contribution is 5.77. The number of methoxy groups -OCH3 is 1. The molecule has 0 aliphatic heterocycles. The van der Waals surface area contributed by atoms with E-state index in [1.165, 1.54) is 0 Å². The molecule has 124 valence electrons. The van der Waals surface area contributed by atoms with Crippen LogP contribution in [0.4, 0.5) is 0 Å². The number of ether oxygens (including phenoxy) is 3. The minimum absolute atomic E-state index is 0.155. The molecule has 2 rings (SSSR count). The Labute approximate surface area is 140 Å². The van der Waals surface area contributed by atoms with Crippen LogP contribution in [0.2, 0.25) is 0 Å². The summed E-state index contributed by atoms with van der Waals surface area (Å²) >= 11 is 0. The molecule has 24 heavy (non-hydrogen) atoms. The van der Waals surface area contributed by atoms with Crippen LogP contribution in [0.1, 0.15) is 5.56 Å². The monoisotopic (exact) mass is 326 g/mol. The van der Waals surface area contributed by atoms with Gasteiger partial charge >= 0.3 is 0 Å². The van der Waals surface area contributed by atoms with Crippen molar-refractivity contribution in [2.45, 2.75) is 0 Å². The zero-order chi connectivity index (χ0) is 17.2. The largest absolute Gasteiger partial charge is 0.497 e. The van der Waals surface area contributed by atoms with Crippen LogP contribution in [0.3, 0.4) is 0 Å². The maximum Gasteiger partial charge on any atom is 0.258 e. The molecule has 0 aromatic heterocycles. The van der Waals surface area contributed by atoms with E-state index in [1.807, 2.05) is 24.3 Å². The Morgan fingerprint density at radius 2 is 1.92 bits per heavy atom. The fraction of sp³-hybridized carbons (Fsp3) is 0.222. The van der Waals surface area contributed by atoms with Gasteiger partial charge in [-0.2, -0.15) is 5.26 Å². The van der Waals surface area contributed by atoms with Gasteiger partial charge < -0.3 is 19.5 Å². The number of carbonyl (C=O) groups excluding carboxylic acids is 1. The summed E-state index contributed by atoms with van der Waals surface area (Å²) in [5.74, 6) is 1.49. The van der Waals surface area contributed by atoms with Crippen molar-refractivity contribution in [2.75, 3.05) is 26.9 Å². The zero-order valence-corrected chi connectivity index (χ0v) is 13.3. The second kappa shape index (κ2) is 9.06. The fourth-order valence-corrected chi connectivity index (χ4v) is 1.93. The first-order chi connectivity index (χ1) is 11.7. The topological polar surface area (TPSA) is 80.6 Å². The van der Waals surface area contributed by atoms with Crippen molar-refractivity contribution < 1.29 is 19.0 Å². The zero-order valence-electron chi connectivity index (χ0n) is 13.3. The summed E-state index contributed by atoms with van der Waals surface area (Å²) in [6, 6.07) is 16.0. The van der Waals surface area contributed by atoms with Gasteiger partial charge in [-0.05, 0) is 24.3 Å². The predicted octanol–water partition coefficient (Wildman–Crippen LogP) is 2.14. The van der Waals surface area contributed by atoms with Gasteiger partial charge in [-0.3, -0.25) is 4.79 Å². The van der Waals surface area contributed by atoms with Gasteiger partial charge in [0.25, 0.3) is 5.91 Å². The molecule has 0 radical (unpaired) electrons. The Kier molecular flexibility index (Phi) is 6.47. The molecule has 1 N–H and O–H groups in total. The molecule has 2 aromatic carbocycles. The average molecular weight is 326 g/mol. The highest BCUT2D eigenvalue weighted by Crippen LogP contribution is 2.18. The van der Waals surface area contributed by atoms with Crippen LogP contribution >= 0.6 is 0 Å². The van der Waals surface area contributed by atoms with Crippen LogP contribution in [0.5, 0.6) is 17.2 Å². The highest BCUT2D eigenvalue weighted by atomic mass is 16.5. The number of nitrogens with one attached hydrogen (secondary N) is 1. The van der Waals surface area contributed by atoms with Gasteiger partial charge in [0.15, 0.2) is 6.61 Å². The normalized spacial score (nSPS) is 9.67. The third kappa shape index (κ3) is 5.21. The van der Waals surface area contributed by atoms with Crippen LogP contribution in [0.15, 0.2) is 48.5 Å². The molecule has 0 saturated heterocycles. The van der Waals surface area contributed by atoms with E-state index in [0.29, 0.717) is 36.0 Å². The summed E-state index contributed by atoms with van der Waals surface area (Å²) in [6.07, 6.45) is 0. The van der Waals surface area contributed by atoms with Crippen molar-refractivity contribution in [3.8, 4) is 23.3 Å². The van der Waals surface area contributed by atoms with Gasteiger partial charge in [-0.15, -0.1) is 0 Å². The number of hydrogen-bond donors (Lipinski definition) is 1. The molecular formula is C18H18N2O4. The van der Waals surface area contributed by atoms with Gasteiger partial charge in [0.1, 0.15) is 29.9 Å². The molecule has 6 heteroatoms. The number of amides is 1. The van der Waals surface area contributed by atoms with Gasteiger partial charge in [-0.25, -0.2) is 0 Å². The lowest BCUT2D eigenvalue weighted by atomic mass is 10.2. The number of rotatable bonds is 8. The van der Waals surface area contributed by atoms with Crippen molar-refractivity contribution in [1.82, 2.24) is 5.32 Å². The maximum atomic E-state index is 11.7. The van der Waals surface area contributed by atoms with E-state index < -0.39 is 0 Å². The summed E-state index contributed by atoms with van der Waals surface area (Å²) in [5, 5.41) is 11.6. The third-order valence-electron chi connectivity index (χ3n) is 3.10. The Balaban J connectivity index is 1.69. The summed E-state index contributed by atoms with van der Waals surface area (Å²) in [7, 11) is 1.59. The quantitative estimate of drug-likeness (QED) is 0.752. The van der Waals surface area contributed by atoms with Crippen LogP contribution in [0.25, 0.3) is 0 Å². The second-order valence-corrected chi connectivity index (χ2v) is 4.77. The third-order valence-corrected chi connectivity index (χ3v) is 3.10. The van der Waals surface area contributed by atoms with Crippen molar-refractivity contribution in [2.24, 2.45) is 0 Å². The fourth-order valence-electron chi connectivity index (χ4n) is 1.93. The van der Waals surface area contributed by atoms with Crippen molar-refractivity contribution in [3.05, 3.63) is 54.1 Å². The minimum atomic E-state index is -0.281. The smallest absolute Gasteiger partial charge is 0.258 e. The van der Waals surface area contributed by atoms with Crippen molar-refractivity contribution >= 4 is 5.91 Å². The average Bonchev–Trinajstić information content (AvgIpc) is 2.64. The highest BCUT2D eigenvalue weighted by Gasteiger charge is 2.06. The van der Waals surface area contributed by atoms with Crippen LogP contribution in [0, 0.1) is 11.3 Å². The number of para-hydroxylation sites is 1. The summed E-state index contributed by atoms with van der Waals surface area (Å²) in [5.41, 5.74) is 0.395. The molecule has 6 nitrogen and oxygen atoms in total. The standard InChI is InChI=1S/C18H18N2O4/c1-22-15-6-4-7-16(11-15)23-10-9-20-18(21)13-24-17-8-3-2-5-14(17)12-19/h2-8,11H,9-10,13H2,1H3,(H,20,21). The van der Waals surface area contributed by atoms with E-state index in [1.54, 1.807) is 37.4 Å². The van der Waals surface area contributed by atoms with E-state index in [4.69, 9.17) is 19.5 Å². The molecule has 0 saturated carbocycles. The molecule has 0 aliphatic carbocycles. The second-order valence-electron chi connectivity index (χ2n) is 4.77. The molecule has 2 aromatic rings. The van der Waals surface area contributed by atoms with E-state index in [-0.39, 0.29) is 12.5 Å². The maximum absolute atomic E-state index is 11.7. The van der Waals surface area contributed by atoms with E-state index in [2.05, 4.69) is 5.32 Å². The summed E-state index contributed by atoms with van der Waals surface area (Å²) in [6.45, 7) is 0.519. The Morgan fingerprint density at radius 1 is 1.12 bits per heavy atom. The van der Waals surface area contributed by atoms with Gasteiger partial charge in [0.05, 0.1) is 19.2 Å². The van der Waals surface area contributed by atoms with Gasteiger partial charge in [-0.1, -0.05) is 18.2 Å².